The van der Waals surface area contributed by atoms with Crippen molar-refractivity contribution in [2.75, 3.05) is 7.11 Å². The van der Waals surface area contributed by atoms with E-state index in [2.05, 4.69) is 0 Å². The van der Waals surface area contributed by atoms with Crippen molar-refractivity contribution in [2.24, 2.45) is 0 Å². The molecule has 0 heterocycles. The summed E-state index contributed by atoms with van der Waals surface area (Å²) < 4.78 is 5.05. The molecule has 82 valence electrons. The molecule has 0 bridgehead atoms. The molecule has 0 saturated heterocycles. The number of methoxy groups -OCH3 is 1. The van der Waals surface area contributed by atoms with Gasteiger partial charge >= 0.3 is 5.69 Å². The molecule has 2 rings (SSSR count). The third-order valence-electron chi connectivity index (χ3n) is 2.59. The van der Waals surface area contributed by atoms with Gasteiger partial charge in [-0.25, -0.2) is 0 Å². The Labute approximate surface area is 92.6 Å². The van der Waals surface area contributed by atoms with E-state index in [9.17, 15) is 10.1 Å². The highest BCUT2D eigenvalue weighted by Gasteiger charge is 2.20. The smallest absolute Gasteiger partial charge is 0.318 e. The van der Waals surface area contributed by atoms with Gasteiger partial charge in [-0.1, -0.05) is 18.2 Å². The molecule has 0 aromatic heterocycles. The number of rotatable bonds is 2. The molecule has 2 aromatic carbocycles. The van der Waals surface area contributed by atoms with Crippen molar-refractivity contribution < 1.29 is 9.66 Å². The number of benzene rings is 2. The Morgan fingerprint density at radius 1 is 1.25 bits per heavy atom. The summed E-state index contributed by atoms with van der Waals surface area (Å²) in [6.45, 7) is 1.91. The zero-order valence-corrected chi connectivity index (χ0v) is 9.06. The summed E-state index contributed by atoms with van der Waals surface area (Å²) in [5, 5.41) is 12.5. The van der Waals surface area contributed by atoms with Gasteiger partial charge in [-0.3, -0.25) is 10.1 Å². The highest BCUT2D eigenvalue weighted by atomic mass is 16.6. The second kappa shape index (κ2) is 3.81. The molecule has 0 spiro atoms. The van der Waals surface area contributed by atoms with Crippen molar-refractivity contribution in [3.63, 3.8) is 0 Å². The van der Waals surface area contributed by atoms with Crippen LogP contribution in [0.15, 0.2) is 30.3 Å². The molecule has 0 aliphatic heterocycles. The van der Waals surface area contributed by atoms with Crippen LogP contribution in [0.2, 0.25) is 0 Å². The topological polar surface area (TPSA) is 52.4 Å². The number of fused-ring (bicyclic) bond motifs is 1. The van der Waals surface area contributed by atoms with Crippen molar-refractivity contribution in [1.29, 1.82) is 0 Å². The van der Waals surface area contributed by atoms with E-state index in [0.29, 0.717) is 11.1 Å². The maximum atomic E-state index is 11.0. The van der Waals surface area contributed by atoms with Gasteiger partial charge in [-0.2, -0.15) is 0 Å². The van der Waals surface area contributed by atoms with E-state index in [1.54, 1.807) is 18.2 Å². The quantitative estimate of drug-likeness (QED) is 0.573. The number of nitro groups is 1. The lowest BCUT2D eigenvalue weighted by molar-refractivity contribution is -0.383. The van der Waals surface area contributed by atoms with Gasteiger partial charge in [0.1, 0.15) is 0 Å². The summed E-state index contributed by atoms with van der Waals surface area (Å²) >= 11 is 0. The lowest BCUT2D eigenvalue weighted by atomic mass is 10.0. The van der Waals surface area contributed by atoms with Crippen molar-refractivity contribution in [1.82, 2.24) is 0 Å². The second-order valence-electron chi connectivity index (χ2n) is 3.55. The molecule has 0 saturated carbocycles. The number of hydrogen-bond donors (Lipinski definition) is 0. The first-order valence-electron chi connectivity index (χ1n) is 4.86. The fourth-order valence-corrected chi connectivity index (χ4v) is 1.85. The van der Waals surface area contributed by atoms with E-state index in [1.807, 2.05) is 19.1 Å². The molecule has 4 nitrogen and oxygen atoms in total. The van der Waals surface area contributed by atoms with Gasteiger partial charge in [0.05, 0.1) is 17.4 Å². The first kappa shape index (κ1) is 10.4. The van der Waals surface area contributed by atoms with Crippen molar-refractivity contribution in [3.8, 4) is 5.75 Å². The highest BCUT2D eigenvalue weighted by Crippen LogP contribution is 2.36. The molecule has 0 amide bonds. The molecule has 4 heteroatoms. The summed E-state index contributed by atoms with van der Waals surface area (Å²) in [6, 6.07) is 8.96. The Morgan fingerprint density at radius 2 is 1.88 bits per heavy atom. The van der Waals surface area contributed by atoms with Crippen LogP contribution in [-0.2, 0) is 0 Å². The molecule has 0 fully saturated rings. The van der Waals surface area contributed by atoms with E-state index >= 15 is 0 Å². The van der Waals surface area contributed by atoms with Crippen LogP contribution in [0.5, 0.6) is 5.75 Å². The molecule has 0 atom stereocenters. The standard InChI is InChI=1S/C12H11NO3/c1-8-7-11(16-2)12(13(14)15)10-6-4-3-5-9(8)10/h3-7H,1-2H3. The minimum atomic E-state index is -0.402. The molecule has 16 heavy (non-hydrogen) atoms. The van der Waals surface area contributed by atoms with Crippen molar-refractivity contribution in [2.45, 2.75) is 6.92 Å². The van der Waals surface area contributed by atoms with E-state index in [4.69, 9.17) is 4.74 Å². The Kier molecular flexibility index (Phi) is 2.48. The Balaban J connectivity index is 2.92. The molecule has 0 unspecified atom stereocenters. The first-order chi connectivity index (χ1) is 7.65. The number of nitro benzene ring substituents is 1. The SMILES string of the molecule is COc1cc(C)c2ccccc2c1[N+](=O)[O-]. The van der Waals surface area contributed by atoms with Gasteiger partial charge in [0.25, 0.3) is 0 Å². The van der Waals surface area contributed by atoms with Crippen LogP contribution in [0.3, 0.4) is 0 Å². The van der Waals surface area contributed by atoms with Crippen LogP contribution in [-0.4, -0.2) is 12.0 Å². The predicted octanol–water partition coefficient (Wildman–Crippen LogP) is 3.07. The van der Waals surface area contributed by atoms with Gasteiger partial charge in [0.15, 0.2) is 5.75 Å². The normalized spacial score (nSPS) is 10.4. The molecule has 0 radical (unpaired) electrons. The van der Waals surface area contributed by atoms with Gasteiger partial charge in [0.2, 0.25) is 0 Å². The lowest BCUT2D eigenvalue weighted by Crippen LogP contribution is -1.96. The van der Waals surface area contributed by atoms with Gasteiger partial charge in [-0.05, 0) is 30.0 Å². The first-order valence-corrected chi connectivity index (χ1v) is 4.86. The summed E-state index contributed by atoms with van der Waals surface area (Å²) in [7, 11) is 1.44. The summed E-state index contributed by atoms with van der Waals surface area (Å²) in [6.07, 6.45) is 0. The Bertz CT molecular complexity index is 563. The van der Waals surface area contributed by atoms with Crippen LogP contribution < -0.4 is 4.74 Å². The van der Waals surface area contributed by atoms with E-state index < -0.39 is 4.92 Å². The average molecular weight is 217 g/mol. The molecule has 2 aromatic rings. The Hall–Kier alpha value is -2.10. The van der Waals surface area contributed by atoms with Crippen LogP contribution in [0.4, 0.5) is 5.69 Å². The molecular formula is C12H11NO3. The summed E-state index contributed by atoms with van der Waals surface area (Å²) in [5.41, 5.74) is 1.00. The highest BCUT2D eigenvalue weighted by molar-refractivity contribution is 5.95. The van der Waals surface area contributed by atoms with Crippen LogP contribution >= 0.6 is 0 Å². The summed E-state index contributed by atoms with van der Waals surface area (Å²) in [5.74, 6) is 0.307. The maximum absolute atomic E-state index is 11.0. The lowest BCUT2D eigenvalue weighted by Gasteiger charge is -2.07. The van der Waals surface area contributed by atoms with Crippen molar-refractivity contribution >= 4 is 16.5 Å². The van der Waals surface area contributed by atoms with Gasteiger partial charge in [0, 0.05) is 0 Å². The van der Waals surface area contributed by atoms with E-state index in [-0.39, 0.29) is 5.69 Å². The monoisotopic (exact) mass is 217 g/mol. The third kappa shape index (κ3) is 1.48. The molecular weight excluding hydrogens is 206 g/mol. The van der Waals surface area contributed by atoms with Crippen molar-refractivity contribution in [3.05, 3.63) is 46.0 Å². The number of ether oxygens (including phenoxy) is 1. The minimum Gasteiger partial charge on any atom is -0.490 e. The fourth-order valence-electron chi connectivity index (χ4n) is 1.85. The minimum absolute atomic E-state index is 0.0312. The summed E-state index contributed by atoms with van der Waals surface area (Å²) in [4.78, 5) is 10.6. The Morgan fingerprint density at radius 3 is 2.44 bits per heavy atom. The van der Waals surface area contributed by atoms with Crippen LogP contribution in [0.1, 0.15) is 5.56 Å². The molecule has 0 aliphatic carbocycles. The molecule has 0 aliphatic rings. The van der Waals surface area contributed by atoms with E-state index in [0.717, 1.165) is 10.9 Å². The predicted molar refractivity (Wildman–Crippen MR) is 61.9 cm³/mol. The number of aryl methyl sites for hydroxylation is 1. The third-order valence-corrected chi connectivity index (χ3v) is 2.59. The zero-order chi connectivity index (χ0) is 11.7. The number of nitrogens with zero attached hydrogens (tertiary/aromatic N) is 1. The second-order valence-corrected chi connectivity index (χ2v) is 3.55. The molecule has 0 N–H and O–H groups in total. The zero-order valence-electron chi connectivity index (χ0n) is 9.06. The van der Waals surface area contributed by atoms with E-state index in [1.165, 1.54) is 7.11 Å². The van der Waals surface area contributed by atoms with Crippen LogP contribution in [0.25, 0.3) is 10.8 Å². The fraction of sp³-hybridized carbons (Fsp3) is 0.167. The van der Waals surface area contributed by atoms with Gasteiger partial charge < -0.3 is 4.74 Å². The largest absolute Gasteiger partial charge is 0.490 e. The van der Waals surface area contributed by atoms with Gasteiger partial charge in [-0.15, -0.1) is 0 Å². The number of hydrogen-bond acceptors (Lipinski definition) is 3. The van der Waals surface area contributed by atoms with Crippen LogP contribution in [0, 0.1) is 17.0 Å². The maximum Gasteiger partial charge on any atom is 0.318 e. The average Bonchev–Trinajstić information content (AvgIpc) is 2.28.